The number of anilines is 1. The number of H-pyrrole nitrogens is 1. The van der Waals surface area contributed by atoms with Gasteiger partial charge < -0.3 is 15.4 Å². The third kappa shape index (κ3) is 1.81. The Morgan fingerprint density at radius 1 is 1.21 bits per heavy atom. The van der Waals surface area contributed by atoms with E-state index in [0.717, 1.165) is 5.69 Å². The van der Waals surface area contributed by atoms with E-state index >= 15 is 0 Å². The van der Waals surface area contributed by atoms with Crippen LogP contribution in [0.4, 0.5) is 5.69 Å². The number of aromatic amines is 1. The SMILES string of the molecule is O=C1Nc2cccc(C(=O)O)c2/C1=C/c1ccc[nH]1. The van der Waals surface area contributed by atoms with Crippen LogP contribution in [0.2, 0.25) is 0 Å². The topological polar surface area (TPSA) is 82.2 Å². The predicted octanol–water partition coefficient (Wildman–Crippen LogP) is 2.21. The van der Waals surface area contributed by atoms with Gasteiger partial charge in [-0.25, -0.2) is 4.79 Å². The van der Waals surface area contributed by atoms with Gasteiger partial charge in [0.15, 0.2) is 0 Å². The maximum atomic E-state index is 11.9. The van der Waals surface area contributed by atoms with Gasteiger partial charge in [0.05, 0.1) is 11.1 Å². The van der Waals surface area contributed by atoms with Crippen LogP contribution < -0.4 is 5.32 Å². The molecule has 3 N–H and O–H groups in total. The number of aromatic nitrogens is 1. The van der Waals surface area contributed by atoms with Crippen LogP contribution in [-0.2, 0) is 4.79 Å². The molecule has 0 spiro atoms. The van der Waals surface area contributed by atoms with Gasteiger partial charge in [0.25, 0.3) is 5.91 Å². The first-order valence-corrected chi connectivity index (χ1v) is 5.70. The third-order valence-corrected chi connectivity index (χ3v) is 2.98. The Morgan fingerprint density at radius 2 is 2.05 bits per heavy atom. The van der Waals surface area contributed by atoms with E-state index in [1.165, 1.54) is 6.07 Å². The van der Waals surface area contributed by atoms with E-state index in [1.54, 1.807) is 24.4 Å². The van der Waals surface area contributed by atoms with Gasteiger partial charge in [0.2, 0.25) is 0 Å². The van der Waals surface area contributed by atoms with Gasteiger partial charge >= 0.3 is 5.97 Å². The molecule has 0 fully saturated rings. The first kappa shape index (κ1) is 11.3. The van der Waals surface area contributed by atoms with Crippen LogP contribution in [0.25, 0.3) is 11.6 Å². The molecule has 5 heteroatoms. The number of hydrogen-bond donors (Lipinski definition) is 3. The lowest BCUT2D eigenvalue weighted by Crippen LogP contribution is -2.04. The van der Waals surface area contributed by atoms with Crippen LogP contribution in [0.3, 0.4) is 0 Å². The lowest BCUT2D eigenvalue weighted by molar-refractivity contribution is -0.110. The molecule has 1 amide bonds. The molecule has 2 aromatic rings. The predicted molar refractivity (Wildman–Crippen MR) is 70.7 cm³/mol. The number of amides is 1. The number of carboxylic acid groups (broad SMARTS) is 1. The highest BCUT2D eigenvalue weighted by Crippen LogP contribution is 2.35. The quantitative estimate of drug-likeness (QED) is 0.718. The molecule has 5 nitrogen and oxygen atoms in total. The number of carbonyl (C=O) groups excluding carboxylic acids is 1. The van der Waals surface area contributed by atoms with Crippen LogP contribution in [0.1, 0.15) is 21.6 Å². The summed E-state index contributed by atoms with van der Waals surface area (Å²) in [6.07, 6.45) is 3.39. The highest BCUT2D eigenvalue weighted by Gasteiger charge is 2.28. The average molecular weight is 254 g/mol. The number of carboxylic acids is 1. The van der Waals surface area contributed by atoms with Crippen molar-refractivity contribution in [3.8, 4) is 0 Å². The zero-order chi connectivity index (χ0) is 13.4. The standard InChI is InChI=1S/C14H10N2O3/c17-13-10(7-8-3-2-6-15-8)12-9(14(18)19)4-1-5-11(12)16-13/h1-7,15H,(H,16,17)(H,18,19)/b10-7-. The van der Waals surface area contributed by atoms with E-state index in [0.29, 0.717) is 16.8 Å². The van der Waals surface area contributed by atoms with Gasteiger partial charge in [0.1, 0.15) is 0 Å². The molecule has 1 aliphatic rings. The number of carbonyl (C=O) groups is 2. The maximum absolute atomic E-state index is 11.9. The number of benzene rings is 1. The normalized spacial score (nSPS) is 15.4. The lowest BCUT2D eigenvalue weighted by atomic mass is 10.00. The molecular weight excluding hydrogens is 244 g/mol. The zero-order valence-corrected chi connectivity index (χ0v) is 9.81. The van der Waals surface area contributed by atoms with Crippen molar-refractivity contribution in [3.63, 3.8) is 0 Å². The second kappa shape index (κ2) is 4.13. The molecule has 1 aromatic carbocycles. The van der Waals surface area contributed by atoms with E-state index < -0.39 is 5.97 Å². The molecule has 0 bridgehead atoms. The highest BCUT2D eigenvalue weighted by atomic mass is 16.4. The van der Waals surface area contributed by atoms with Crippen LogP contribution in [0.5, 0.6) is 0 Å². The molecule has 94 valence electrons. The Bertz CT molecular complexity index is 699. The molecule has 0 radical (unpaired) electrons. The minimum atomic E-state index is -1.05. The van der Waals surface area contributed by atoms with Crippen molar-refractivity contribution in [2.24, 2.45) is 0 Å². The van der Waals surface area contributed by atoms with Crippen molar-refractivity contribution in [2.75, 3.05) is 5.32 Å². The molecule has 0 atom stereocenters. The summed E-state index contributed by atoms with van der Waals surface area (Å²) in [5, 5.41) is 11.9. The second-order valence-electron chi connectivity index (χ2n) is 4.17. The number of aromatic carboxylic acids is 1. The molecule has 0 aliphatic carbocycles. The van der Waals surface area contributed by atoms with Crippen LogP contribution in [0.15, 0.2) is 36.5 Å². The minimum Gasteiger partial charge on any atom is -0.478 e. The Labute approximate surface area is 108 Å². The Balaban J connectivity index is 2.21. The van der Waals surface area contributed by atoms with Crippen LogP contribution in [0, 0.1) is 0 Å². The summed E-state index contributed by atoms with van der Waals surface area (Å²) in [6.45, 7) is 0. The summed E-state index contributed by atoms with van der Waals surface area (Å²) in [6, 6.07) is 8.41. The molecule has 3 rings (SSSR count). The van der Waals surface area contributed by atoms with Crippen LogP contribution >= 0.6 is 0 Å². The van der Waals surface area contributed by atoms with Gasteiger partial charge in [-0.3, -0.25) is 4.79 Å². The monoisotopic (exact) mass is 254 g/mol. The summed E-state index contributed by atoms with van der Waals surface area (Å²) in [5.74, 6) is -1.34. The van der Waals surface area contributed by atoms with Gasteiger partial charge in [-0.05, 0) is 30.3 Å². The first-order valence-electron chi connectivity index (χ1n) is 5.70. The summed E-state index contributed by atoms with van der Waals surface area (Å²) in [5.41, 5.74) is 2.19. The van der Waals surface area contributed by atoms with Crippen LogP contribution in [-0.4, -0.2) is 22.0 Å². The van der Waals surface area contributed by atoms with E-state index in [9.17, 15) is 14.7 Å². The van der Waals surface area contributed by atoms with Crippen molar-refractivity contribution >= 4 is 29.2 Å². The average Bonchev–Trinajstić information content (AvgIpc) is 2.98. The number of fused-ring (bicyclic) bond motifs is 1. The number of nitrogens with one attached hydrogen (secondary N) is 2. The molecule has 1 aromatic heterocycles. The van der Waals surface area contributed by atoms with E-state index in [2.05, 4.69) is 10.3 Å². The van der Waals surface area contributed by atoms with E-state index in [4.69, 9.17) is 0 Å². The van der Waals surface area contributed by atoms with Crippen molar-refractivity contribution in [1.29, 1.82) is 0 Å². The largest absolute Gasteiger partial charge is 0.478 e. The fourth-order valence-electron chi connectivity index (χ4n) is 2.16. The Hall–Kier alpha value is -2.82. The van der Waals surface area contributed by atoms with Gasteiger partial charge in [-0.1, -0.05) is 6.07 Å². The summed E-state index contributed by atoms with van der Waals surface area (Å²) in [7, 11) is 0. The molecule has 19 heavy (non-hydrogen) atoms. The maximum Gasteiger partial charge on any atom is 0.336 e. The Kier molecular flexibility index (Phi) is 2.45. The molecule has 2 heterocycles. The summed E-state index contributed by atoms with van der Waals surface area (Å²) < 4.78 is 0. The molecule has 0 saturated carbocycles. The Morgan fingerprint density at radius 3 is 2.74 bits per heavy atom. The van der Waals surface area contributed by atoms with Crippen molar-refractivity contribution in [1.82, 2.24) is 4.98 Å². The first-order chi connectivity index (χ1) is 9.16. The molecular formula is C14H10N2O3. The molecule has 1 aliphatic heterocycles. The smallest absolute Gasteiger partial charge is 0.336 e. The molecule has 0 unspecified atom stereocenters. The van der Waals surface area contributed by atoms with E-state index in [1.807, 2.05) is 12.1 Å². The van der Waals surface area contributed by atoms with Crippen molar-refractivity contribution in [2.45, 2.75) is 0 Å². The minimum absolute atomic E-state index is 0.119. The molecule has 0 saturated heterocycles. The summed E-state index contributed by atoms with van der Waals surface area (Å²) >= 11 is 0. The highest BCUT2D eigenvalue weighted by molar-refractivity contribution is 6.36. The fraction of sp³-hybridized carbons (Fsp3) is 0. The lowest BCUT2D eigenvalue weighted by Gasteiger charge is -2.03. The fourth-order valence-corrected chi connectivity index (χ4v) is 2.16. The van der Waals surface area contributed by atoms with Crippen molar-refractivity contribution < 1.29 is 14.7 Å². The van der Waals surface area contributed by atoms with Gasteiger partial charge in [-0.15, -0.1) is 0 Å². The number of rotatable bonds is 2. The summed E-state index contributed by atoms with van der Waals surface area (Å²) in [4.78, 5) is 26.1. The van der Waals surface area contributed by atoms with Gasteiger partial charge in [-0.2, -0.15) is 0 Å². The van der Waals surface area contributed by atoms with Gasteiger partial charge in [0, 0.05) is 23.1 Å². The van der Waals surface area contributed by atoms with Crippen molar-refractivity contribution in [3.05, 3.63) is 53.3 Å². The third-order valence-electron chi connectivity index (χ3n) is 2.98. The second-order valence-corrected chi connectivity index (χ2v) is 4.17. The van der Waals surface area contributed by atoms with E-state index in [-0.39, 0.29) is 11.5 Å². The number of hydrogen-bond acceptors (Lipinski definition) is 2. The zero-order valence-electron chi connectivity index (χ0n) is 9.81.